The number of aromatic nitrogens is 5. The molecule has 3 heterocycles. The van der Waals surface area contributed by atoms with E-state index in [0.717, 1.165) is 43.4 Å². The smallest absolute Gasteiger partial charge is 0.133 e. The van der Waals surface area contributed by atoms with E-state index in [9.17, 15) is 0 Å². The third-order valence-electron chi connectivity index (χ3n) is 5.09. The highest BCUT2D eigenvalue weighted by molar-refractivity contribution is 5.39. The van der Waals surface area contributed by atoms with E-state index in [1.54, 1.807) is 4.68 Å². The molecule has 1 saturated heterocycles. The van der Waals surface area contributed by atoms with Crippen molar-refractivity contribution in [3.05, 3.63) is 30.0 Å². The molecule has 0 aromatic carbocycles. The lowest BCUT2D eigenvalue weighted by atomic mass is 10.2. The molecule has 2 aromatic heterocycles. The first-order chi connectivity index (χ1) is 11.7. The lowest BCUT2D eigenvalue weighted by Crippen LogP contribution is -2.35. The minimum atomic E-state index is 0.522. The SMILES string of the molecule is CN(c1ccnc(C2CC2)n1)C1CCN(CCc2cn(C)nn2)C1. The van der Waals surface area contributed by atoms with Crippen LogP contribution >= 0.6 is 0 Å². The molecule has 7 heteroatoms. The van der Waals surface area contributed by atoms with Crippen molar-refractivity contribution < 1.29 is 0 Å². The molecule has 7 nitrogen and oxygen atoms in total. The van der Waals surface area contributed by atoms with Gasteiger partial charge in [-0.05, 0) is 25.3 Å². The van der Waals surface area contributed by atoms with Crippen LogP contribution in [0.1, 0.15) is 36.7 Å². The van der Waals surface area contributed by atoms with E-state index in [1.165, 1.54) is 19.3 Å². The van der Waals surface area contributed by atoms with Crippen LogP contribution in [0.3, 0.4) is 0 Å². The zero-order valence-corrected chi connectivity index (χ0v) is 14.5. The minimum Gasteiger partial charge on any atom is -0.355 e. The fraction of sp³-hybridized carbons (Fsp3) is 0.647. The molecule has 24 heavy (non-hydrogen) atoms. The van der Waals surface area contributed by atoms with Crippen molar-refractivity contribution in [2.75, 3.05) is 31.6 Å². The molecule has 0 spiro atoms. The Hall–Kier alpha value is -2.02. The Labute approximate surface area is 142 Å². The Balaban J connectivity index is 1.33. The van der Waals surface area contributed by atoms with Gasteiger partial charge in [0, 0.05) is 64.5 Å². The molecule has 1 atom stereocenters. The summed E-state index contributed by atoms with van der Waals surface area (Å²) >= 11 is 0. The highest BCUT2D eigenvalue weighted by atomic mass is 15.4. The topological polar surface area (TPSA) is 63.0 Å². The summed E-state index contributed by atoms with van der Waals surface area (Å²) in [5.74, 6) is 2.69. The van der Waals surface area contributed by atoms with Crippen molar-refractivity contribution in [2.24, 2.45) is 7.05 Å². The molecule has 1 aliphatic heterocycles. The Bertz CT molecular complexity index is 694. The van der Waals surface area contributed by atoms with Crippen LogP contribution in [-0.2, 0) is 13.5 Å². The molecule has 0 amide bonds. The summed E-state index contributed by atoms with van der Waals surface area (Å²) in [6.07, 6.45) is 8.54. The molecular formula is C17H25N7. The predicted molar refractivity (Wildman–Crippen MR) is 92.0 cm³/mol. The van der Waals surface area contributed by atoms with Gasteiger partial charge in [0.2, 0.25) is 0 Å². The van der Waals surface area contributed by atoms with Gasteiger partial charge in [-0.15, -0.1) is 5.10 Å². The van der Waals surface area contributed by atoms with Gasteiger partial charge in [-0.3, -0.25) is 4.68 Å². The summed E-state index contributed by atoms with van der Waals surface area (Å²) in [7, 11) is 4.07. The first-order valence-corrected chi connectivity index (χ1v) is 8.82. The summed E-state index contributed by atoms with van der Waals surface area (Å²) in [6.45, 7) is 3.26. The molecule has 2 aliphatic rings. The van der Waals surface area contributed by atoms with Crippen molar-refractivity contribution in [3.63, 3.8) is 0 Å². The average molecular weight is 327 g/mol. The van der Waals surface area contributed by atoms with Gasteiger partial charge in [0.1, 0.15) is 11.6 Å². The van der Waals surface area contributed by atoms with E-state index >= 15 is 0 Å². The van der Waals surface area contributed by atoms with Crippen LogP contribution in [0, 0.1) is 0 Å². The lowest BCUT2D eigenvalue weighted by Gasteiger charge is -2.26. The Morgan fingerprint density at radius 2 is 2.17 bits per heavy atom. The summed E-state index contributed by atoms with van der Waals surface area (Å²) in [5.41, 5.74) is 1.07. The van der Waals surface area contributed by atoms with Crippen molar-refractivity contribution >= 4 is 5.82 Å². The zero-order valence-electron chi connectivity index (χ0n) is 14.5. The zero-order chi connectivity index (χ0) is 16.5. The Morgan fingerprint density at radius 3 is 2.92 bits per heavy atom. The maximum absolute atomic E-state index is 4.78. The normalized spacial score (nSPS) is 21.3. The molecule has 4 rings (SSSR count). The van der Waals surface area contributed by atoms with Gasteiger partial charge in [0.05, 0.1) is 5.69 Å². The number of hydrogen-bond donors (Lipinski definition) is 0. The van der Waals surface area contributed by atoms with Gasteiger partial charge in [0.25, 0.3) is 0 Å². The van der Waals surface area contributed by atoms with Crippen molar-refractivity contribution in [3.8, 4) is 0 Å². The predicted octanol–water partition coefficient (Wildman–Crippen LogP) is 1.24. The van der Waals surface area contributed by atoms with E-state index in [4.69, 9.17) is 4.98 Å². The largest absolute Gasteiger partial charge is 0.355 e. The lowest BCUT2D eigenvalue weighted by molar-refractivity contribution is 0.336. The summed E-state index contributed by atoms with van der Waals surface area (Å²) < 4.78 is 1.77. The summed E-state index contributed by atoms with van der Waals surface area (Å²) in [5, 5.41) is 8.17. The molecule has 1 saturated carbocycles. The maximum atomic E-state index is 4.78. The van der Waals surface area contributed by atoms with Gasteiger partial charge in [-0.25, -0.2) is 9.97 Å². The minimum absolute atomic E-state index is 0.522. The van der Waals surface area contributed by atoms with E-state index in [2.05, 4.69) is 32.1 Å². The maximum Gasteiger partial charge on any atom is 0.133 e. The van der Waals surface area contributed by atoms with E-state index < -0.39 is 0 Å². The van der Waals surface area contributed by atoms with Gasteiger partial charge in [0.15, 0.2) is 0 Å². The molecular weight excluding hydrogens is 302 g/mol. The van der Waals surface area contributed by atoms with E-state index in [-0.39, 0.29) is 0 Å². The number of likely N-dealkylation sites (tertiary alicyclic amines) is 1. The second kappa shape index (κ2) is 6.47. The molecule has 1 aliphatic carbocycles. The van der Waals surface area contributed by atoms with Crippen LogP contribution in [0.2, 0.25) is 0 Å². The highest BCUT2D eigenvalue weighted by Crippen LogP contribution is 2.38. The summed E-state index contributed by atoms with van der Waals surface area (Å²) in [6, 6.07) is 2.56. The van der Waals surface area contributed by atoms with Crippen LogP contribution in [-0.4, -0.2) is 62.6 Å². The van der Waals surface area contributed by atoms with Gasteiger partial charge >= 0.3 is 0 Å². The molecule has 0 radical (unpaired) electrons. The van der Waals surface area contributed by atoms with Crippen LogP contribution < -0.4 is 4.90 Å². The number of likely N-dealkylation sites (N-methyl/N-ethyl adjacent to an activating group) is 1. The number of rotatable bonds is 6. The van der Waals surface area contributed by atoms with Crippen molar-refractivity contribution in [2.45, 2.75) is 37.6 Å². The fourth-order valence-corrected chi connectivity index (χ4v) is 3.40. The molecule has 0 N–H and O–H groups in total. The molecule has 128 valence electrons. The highest BCUT2D eigenvalue weighted by Gasteiger charge is 2.29. The third kappa shape index (κ3) is 3.40. The van der Waals surface area contributed by atoms with Crippen molar-refractivity contribution in [1.29, 1.82) is 0 Å². The van der Waals surface area contributed by atoms with E-state index in [0.29, 0.717) is 12.0 Å². The van der Waals surface area contributed by atoms with Gasteiger partial charge < -0.3 is 9.80 Å². The van der Waals surface area contributed by atoms with Crippen LogP contribution in [0.15, 0.2) is 18.5 Å². The number of nitrogens with zero attached hydrogens (tertiary/aromatic N) is 7. The third-order valence-corrected chi connectivity index (χ3v) is 5.09. The fourth-order valence-electron chi connectivity index (χ4n) is 3.40. The van der Waals surface area contributed by atoms with Crippen LogP contribution in [0.4, 0.5) is 5.82 Å². The standard InChI is InChI=1S/C17H25N7/c1-22-11-14(20-21-22)6-9-24-10-7-15(12-24)23(2)16-5-8-18-17(19-16)13-3-4-13/h5,8,11,13,15H,3-4,6-7,9-10,12H2,1-2H3. The van der Waals surface area contributed by atoms with Gasteiger partial charge in [-0.1, -0.05) is 5.21 Å². The van der Waals surface area contributed by atoms with Gasteiger partial charge in [-0.2, -0.15) is 0 Å². The van der Waals surface area contributed by atoms with Crippen LogP contribution in [0.25, 0.3) is 0 Å². The number of aryl methyl sites for hydroxylation is 1. The molecule has 1 unspecified atom stereocenters. The first kappa shape index (κ1) is 15.5. The number of hydrogen-bond acceptors (Lipinski definition) is 6. The van der Waals surface area contributed by atoms with Crippen molar-refractivity contribution in [1.82, 2.24) is 29.9 Å². The first-order valence-electron chi connectivity index (χ1n) is 8.82. The Kier molecular flexibility index (Phi) is 4.18. The number of anilines is 1. The monoisotopic (exact) mass is 327 g/mol. The molecule has 2 aromatic rings. The second-order valence-electron chi connectivity index (χ2n) is 7.03. The second-order valence-corrected chi connectivity index (χ2v) is 7.03. The molecule has 2 fully saturated rings. The average Bonchev–Trinajstić information content (AvgIpc) is 3.21. The Morgan fingerprint density at radius 1 is 1.29 bits per heavy atom. The van der Waals surface area contributed by atoms with Crippen LogP contribution in [0.5, 0.6) is 0 Å². The quantitative estimate of drug-likeness (QED) is 0.795. The van der Waals surface area contributed by atoms with E-state index in [1.807, 2.05) is 25.5 Å². The molecule has 0 bridgehead atoms. The summed E-state index contributed by atoms with van der Waals surface area (Å²) in [4.78, 5) is 14.0.